The Morgan fingerprint density at radius 2 is 2.14 bits per heavy atom. The van der Waals surface area contributed by atoms with Crippen molar-refractivity contribution in [2.45, 2.75) is 32.1 Å². The van der Waals surface area contributed by atoms with Crippen LogP contribution in [0.2, 0.25) is 0 Å². The monoisotopic (exact) mass is 192 g/mol. The lowest BCUT2D eigenvalue weighted by Gasteiger charge is -2.09. The predicted molar refractivity (Wildman–Crippen MR) is 52.7 cm³/mol. The van der Waals surface area contributed by atoms with Crippen molar-refractivity contribution < 1.29 is 9.18 Å². The molecular formula is C12H13FO. The van der Waals surface area contributed by atoms with Crippen molar-refractivity contribution in [3.8, 4) is 0 Å². The van der Waals surface area contributed by atoms with E-state index in [9.17, 15) is 9.18 Å². The zero-order valence-corrected chi connectivity index (χ0v) is 8.22. The first kappa shape index (κ1) is 9.38. The van der Waals surface area contributed by atoms with Gasteiger partial charge in [0, 0.05) is 12.8 Å². The molecule has 14 heavy (non-hydrogen) atoms. The lowest BCUT2D eigenvalue weighted by molar-refractivity contribution is -0.117. The van der Waals surface area contributed by atoms with Crippen molar-refractivity contribution in [2.75, 3.05) is 0 Å². The lowest BCUT2D eigenvalue weighted by atomic mass is 9.96. The zero-order chi connectivity index (χ0) is 10.1. The van der Waals surface area contributed by atoms with Gasteiger partial charge >= 0.3 is 0 Å². The number of hydrogen-bond donors (Lipinski definition) is 0. The highest BCUT2D eigenvalue weighted by atomic mass is 19.1. The zero-order valence-electron chi connectivity index (χ0n) is 8.22. The van der Waals surface area contributed by atoms with Crippen molar-refractivity contribution in [1.82, 2.24) is 0 Å². The summed E-state index contributed by atoms with van der Waals surface area (Å²) in [6, 6.07) is 5.04. The van der Waals surface area contributed by atoms with Gasteiger partial charge in [0.1, 0.15) is 11.6 Å². The molecule has 1 aromatic carbocycles. The number of rotatable bonds is 1. The summed E-state index contributed by atoms with van der Waals surface area (Å²) in [4.78, 5) is 11.1. The molecule has 1 fully saturated rings. The van der Waals surface area contributed by atoms with E-state index in [4.69, 9.17) is 0 Å². The number of halogens is 1. The van der Waals surface area contributed by atoms with Gasteiger partial charge in [-0.25, -0.2) is 4.39 Å². The van der Waals surface area contributed by atoms with Crippen LogP contribution in [0.25, 0.3) is 0 Å². The van der Waals surface area contributed by atoms with Gasteiger partial charge in [-0.05, 0) is 42.5 Å². The van der Waals surface area contributed by atoms with Crippen LogP contribution >= 0.6 is 0 Å². The molecule has 0 aliphatic heterocycles. The molecule has 0 aromatic heterocycles. The topological polar surface area (TPSA) is 17.1 Å². The molecule has 1 atom stereocenters. The van der Waals surface area contributed by atoms with Crippen molar-refractivity contribution in [3.05, 3.63) is 35.1 Å². The fraction of sp³-hybridized carbons (Fsp3) is 0.417. The van der Waals surface area contributed by atoms with Crippen LogP contribution in [-0.4, -0.2) is 5.78 Å². The molecule has 0 saturated heterocycles. The summed E-state index contributed by atoms with van der Waals surface area (Å²) in [5, 5.41) is 0. The molecule has 1 aliphatic rings. The Balaban J connectivity index is 2.27. The molecule has 0 heterocycles. The standard InChI is InChI=1S/C12H13FO/c1-8-4-10(6-11(13)5-8)9-2-3-12(14)7-9/h4-6,9H,2-3,7H2,1H3. The van der Waals surface area contributed by atoms with Gasteiger partial charge in [0.05, 0.1) is 0 Å². The van der Waals surface area contributed by atoms with Crippen LogP contribution in [0.3, 0.4) is 0 Å². The Bertz CT molecular complexity index is 350. The number of benzene rings is 1. The van der Waals surface area contributed by atoms with E-state index in [0.717, 1.165) is 17.5 Å². The van der Waals surface area contributed by atoms with E-state index in [1.807, 2.05) is 13.0 Å². The largest absolute Gasteiger partial charge is 0.300 e. The Morgan fingerprint density at radius 3 is 2.71 bits per heavy atom. The van der Waals surface area contributed by atoms with Crippen LogP contribution in [0.4, 0.5) is 4.39 Å². The molecule has 0 radical (unpaired) electrons. The molecule has 1 unspecified atom stereocenters. The number of Topliss-reactive ketones (excluding diaryl/α,β-unsaturated/α-hetero) is 1. The van der Waals surface area contributed by atoms with Gasteiger partial charge in [-0.1, -0.05) is 6.07 Å². The summed E-state index contributed by atoms with van der Waals surface area (Å²) in [7, 11) is 0. The first-order chi connectivity index (χ1) is 6.65. The van der Waals surface area contributed by atoms with Gasteiger partial charge in [-0.2, -0.15) is 0 Å². The summed E-state index contributed by atoms with van der Waals surface area (Å²) in [5.74, 6) is 0.355. The second-order valence-corrected chi connectivity index (χ2v) is 4.04. The SMILES string of the molecule is Cc1cc(F)cc(C2CCC(=O)C2)c1. The molecule has 1 saturated carbocycles. The molecule has 74 valence electrons. The van der Waals surface area contributed by atoms with Crippen molar-refractivity contribution >= 4 is 5.78 Å². The van der Waals surface area contributed by atoms with E-state index in [0.29, 0.717) is 18.6 Å². The number of carbonyl (C=O) groups excluding carboxylic acids is 1. The molecule has 1 aromatic rings. The maximum absolute atomic E-state index is 13.1. The van der Waals surface area contributed by atoms with Crippen LogP contribution in [-0.2, 0) is 4.79 Å². The number of ketones is 1. The molecule has 1 nitrogen and oxygen atoms in total. The summed E-state index contributed by atoms with van der Waals surface area (Å²) >= 11 is 0. The van der Waals surface area contributed by atoms with E-state index < -0.39 is 0 Å². The lowest BCUT2D eigenvalue weighted by Crippen LogP contribution is -1.96. The average Bonchev–Trinajstić information content (AvgIpc) is 2.50. The maximum atomic E-state index is 13.1. The molecule has 2 rings (SSSR count). The fourth-order valence-corrected chi connectivity index (χ4v) is 2.10. The minimum atomic E-state index is -0.195. The second kappa shape index (κ2) is 3.52. The summed E-state index contributed by atoms with van der Waals surface area (Å²) in [5.41, 5.74) is 1.91. The smallest absolute Gasteiger partial charge is 0.133 e. The molecule has 1 aliphatic carbocycles. The van der Waals surface area contributed by atoms with Gasteiger partial charge in [-0.15, -0.1) is 0 Å². The molecule has 0 N–H and O–H groups in total. The first-order valence-corrected chi connectivity index (χ1v) is 4.94. The summed E-state index contributed by atoms with van der Waals surface area (Å²) < 4.78 is 13.1. The maximum Gasteiger partial charge on any atom is 0.133 e. The van der Waals surface area contributed by atoms with Gasteiger partial charge in [0.2, 0.25) is 0 Å². The minimum Gasteiger partial charge on any atom is -0.300 e. The predicted octanol–water partition coefficient (Wildman–Crippen LogP) is 2.97. The van der Waals surface area contributed by atoms with Crippen molar-refractivity contribution in [2.24, 2.45) is 0 Å². The number of hydrogen-bond acceptors (Lipinski definition) is 1. The second-order valence-electron chi connectivity index (χ2n) is 4.04. The Hall–Kier alpha value is -1.18. The van der Waals surface area contributed by atoms with E-state index in [2.05, 4.69) is 0 Å². The third-order valence-electron chi connectivity index (χ3n) is 2.78. The van der Waals surface area contributed by atoms with E-state index in [1.165, 1.54) is 6.07 Å². The Labute approximate surface area is 82.9 Å². The van der Waals surface area contributed by atoms with Crippen LogP contribution in [0, 0.1) is 12.7 Å². The Kier molecular flexibility index (Phi) is 2.36. The van der Waals surface area contributed by atoms with E-state index >= 15 is 0 Å². The summed E-state index contributed by atoms with van der Waals surface area (Å²) in [6.07, 6.45) is 2.12. The molecule has 0 amide bonds. The molecule has 0 bridgehead atoms. The summed E-state index contributed by atoms with van der Waals surface area (Å²) in [6.45, 7) is 1.88. The van der Waals surface area contributed by atoms with E-state index in [-0.39, 0.29) is 11.7 Å². The van der Waals surface area contributed by atoms with Gasteiger partial charge in [0.15, 0.2) is 0 Å². The normalized spacial score (nSPS) is 21.6. The quantitative estimate of drug-likeness (QED) is 0.668. The number of aryl methyl sites for hydroxylation is 1. The minimum absolute atomic E-state index is 0.195. The average molecular weight is 192 g/mol. The third kappa shape index (κ3) is 1.84. The molecule has 2 heteroatoms. The Morgan fingerprint density at radius 1 is 1.36 bits per heavy atom. The fourth-order valence-electron chi connectivity index (χ4n) is 2.10. The van der Waals surface area contributed by atoms with Gasteiger partial charge < -0.3 is 0 Å². The van der Waals surface area contributed by atoms with Crippen molar-refractivity contribution in [3.63, 3.8) is 0 Å². The van der Waals surface area contributed by atoms with E-state index in [1.54, 1.807) is 6.07 Å². The van der Waals surface area contributed by atoms with Gasteiger partial charge in [0.25, 0.3) is 0 Å². The highest BCUT2D eigenvalue weighted by molar-refractivity contribution is 5.81. The molecular weight excluding hydrogens is 179 g/mol. The van der Waals surface area contributed by atoms with Gasteiger partial charge in [-0.3, -0.25) is 4.79 Å². The van der Waals surface area contributed by atoms with Crippen molar-refractivity contribution in [1.29, 1.82) is 0 Å². The first-order valence-electron chi connectivity index (χ1n) is 4.94. The van der Waals surface area contributed by atoms with Crippen LogP contribution in [0.5, 0.6) is 0 Å². The number of carbonyl (C=O) groups is 1. The third-order valence-corrected chi connectivity index (χ3v) is 2.78. The van der Waals surface area contributed by atoms with Crippen LogP contribution in [0.1, 0.15) is 36.3 Å². The molecule has 0 spiro atoms. The highest BCUT2D eigenvalue weighted by Gasteiger charge is 2.23. The highest BCUT2D eigenvalue weighted by Crippen LogP contribution is 2.32. The van der Waals surface area contributed by atoms with Crippen LogP contribution in [0.15, 0.2) is 18.2 Å². The van der Waals surface area contributed by atoms with Crippen LogP contribution < -0.4 is 0 Å².